The molecule has 0 spiro atoms. The van der Waals surface area contributed by atoms with Gasteiger partial charge in [-0.25, -0.2) is 0 Å². The maximum absolute atomic E-state index is 11.3. The Morgan fingerprint density at radius 1 is 1.38 bits per heavy atom. The summed E-state index contributed by atoms with van der Waals surface area (Å²) in [4.78, 5) is 11.3. The quantitative estimate of drug-likeness (QED) is 0.752. The SMILES string of the molecule is CCC(=O)Nc1ccc(NC(C)CC2COCCN2)cc1. The van der Waals surface area contributed by atoms with Crippen molar-refractivity contribution in [2.45, 2.75) is 38.8 Å². The Morgan fingerprint density at radius 2 is 2.10 bits per heavy atom. The van der Waals surface area contributed by atoms with Gasteiger partial charge in [0.15, 0.2) is 0 Å². The molecule has 0 aromatic heterocycles. The molecule has 1 fully saturated rings. The van der Waals surface area contributed by atoms with Gasteiger partial charge < -0.3 is 20.7 Å². The molecule has 21 heavy (non-hydrogen) atoms. The molecule has 1 heterocycles. The molecule has 116 valence electrons. The third kappa shape index (κ3) is 5.36. The van der Waals surface area contributed by atoms with E-state index in [0.29, 0.717) is 18.5 Å². The topological polar surface area (TPSA) is 62.4 Å². The molecule has 0 aliphatic carbocycles. The van der Waals surface area contributed by atoms with Gasteiger partial charge in [0.25, 0.3) is 0 Å². The summed E-state index contributed by atoms with van der Waals surface area (Å²) in [5.41, 5.74) is 1.90. The van der Waals surface area contributed by atoms with E-state index < -0.39 is 0 Å². The summed E-state index contributed by atoms with van der Waals surface area (Å²) in [6.07, 6.45) is 1.52. The number of carbonyl (C=O) groups is 1. The average molecular weight is 291 g/mol. The molecule has 3 N–H and O–H groups in total. The molecule has 2 unspecified atom stereocenters. The number of morpholine rings is 1. The predicted molar refractivity (Wildman–Crippen MR) is 85.7 cm³/mol. The van der Waals surface area contributed by atoms with Gasteiger partial charge in [-0.3, -0.25) is 4.79 Å². The Balaban J connectivity index is 1.80. The normalized spacial score (nSPS) is 19.8. The summed E-state index contributed by atoms with van der Waals surface area (Å²) >= 11 is 0. The molecule has 1 amide bonds. The van der Waals surface area contributed by atoms with Crippen molar-refractivity contribution in [2.75, 3.05) is 30.4 Å². The first kappa shape index (κ1) is 15.8. The van der Waals surface area contributed by atoms with Crippen LogP contribution in [0.1, 0.15) is 26.7 Å². The van der Waals surface area contributed by atoms with Crippen LogP contribution < -0.4 is 16.0 Å². The lowest BCUT2D eigenvalue weighted by Gasteiger charge is -2.27. The molecule has 5 heteroatoms. The number of amides is 1. The predicted octanol–water partition coefficient (Wildman–Crippen LogP) is 2.21. The van der Waals surface area contributed by atoms with Gasteiger partial charge in [0, 0.05) is 36.4 Å². The maximum Gasteiger partial charge on any atom is 0.224 e. The van der Waals surface area contributed by atoms with E-state index in [0.717, 1.165) is 37.6 Å². The van der Waals surface area contributed by atoms with Crippen LogP contribution in [0.2, 0.25) is 0 Å². The molecule has 2 atom stereocenters. The molecule has 5 nitrogen and oxygen atoms in total. The van der Waals surface area contributed by atoms with Crippen LogP contribution in [0.4, 0.5) is 11.4 Å². The highest BCUT2D eigenvalue weighted by Crippen LogP contribution is 2.16. The van der Waals surface area contributed by atoms with Crippen LogP contribution in [0, 0.1) is 0 Å². The first-order valence-electron chi connectivity index (χ1n) is 7.65. The second-order valence-electron chi connectivity index (χ2n) is 5.49. The minimum atomic E-state index is 0.0347. The first-order chi connectivity index (χ1) is 10.2. The van der Waals surface area contributed by atoms with Crippen LogP contribution in [-0.2, 0) is 9.53 Å². The molecule has 0 bridgehead atoms. The van der Waals surface area contributed by atoms with E-state index in [4.69, 9.17) is 4.74 Å². The van der Waals surface area contributed by atoms with E-state index in [9.17, 15) is 4.79 Å². The van der Waals surface area contributed by atoms with Gasteiger partial charge in [0.05, 0.1) is 13.2 Å². The Labute approximate surface area is 126 Å². The highest BCUT2D eigenvalue weighted by molar-refractivity contribution is 5.90. The molecule has 1 saturated heterocycles. The fourth-order valence-electron chi connectivity index (χ4n) is 2.44. The molecule has 1 aliphatic rings. The number of anilines is 2. The standard InChI is InChI=1S/C16H25N3O2/c1-3-16(20)19-14-6-4-13(5-7-14)18-12(2)10-15-11-21-9-8-17-15/h4-7,12,15,17-18H,3,8-11H2,1-2H3,(H,19,20). The molecule has 0 saturated carbocycles. The maximum atomic E-state index is 11.3. The van der Waals surface area contributed by atoms with Crippen molar-refractivity contribution in [3.05, 3.63) is 24.3 Å². The van der Waals surface area contributed by atoms with E-state index in [1.165, 1.54) is 0 Å². The van der Waals surface area contributed by atoms with Crippen molar-refractivity contribution < 1.29 is 9.53 Å². The van der Waals surface area contributed by atoms with E-state index >= 15 is 0 Å². The highest BCUT2D eigenvalue weighted by Gasteiger charge is 2.16. The first-order valence-corrected chi connectivity index (χ1v) is 7.65. The lowest BCUT2D eigenvalue weighted by atomic mass is 10.1. The monoisotopic (exact) mass is 291 g/mol. The molecule has 1 aromatic rings. The summed E-state index contributed by atoms with van der Waals surface area (Å²) in [6, 6.07) is 8.61. The zero-order valence-corrected chi connectivity index (χ0v) is 12.8. The smallest absolute Gasteiger partial charge is 0.224 e. The van der Waals surface area contributed by atoms with Gasteiger partial charge in [-0.1, -0.05) is 6.92 Å². The zero-order chi connectivity index (χ0) is 15.1. The lowest BCUT2D eigenvalue weighted by Crippen LogP contribution is -2.43. The molecule has 2 rings (SSSR count). The van der Waals surface area contributed by atoms with Crippen LogP contribution in [0.25, 0.3) is 0 Å². The minimum absolute atomic E-state index is 0.0347. The van der Waals surface area contributed by atoms with Crippen molar-refractivity contribution >= 4 is 17.3 Å². The van der Waals surface area contributed by atoms with Crippen LogP contribution in [0.3, 0.4) is 0 Å². The number of carbonyl (C=O) groups excluding carboxylic acids is 1. The Kier molecular flexibility index (Phi) is 6.02. The lowest BCUT2D eigenvalue weighted by molar-refractivity contribution is -0.115. The van der Waals surface area contributed by atoms with Crippen LogP contribution in [0.15, 0.2) is 24.3 Å². The van der Waals surface area contributed by atoms with Crippen molar-refractivity contribution in [3.63, 3.8) is 0 Å². The van der Waals surface area contributed by atoms with Crippen LogP contribution in [-0.4, -0.2) is 37.7 Å². The summed E-state index contributed by atoms with van der Waals surface area (Å²) in [7, 11) is 0. The van der Waals surface area contributed by atoms with Crippen molar-refractivity contribution in [3.8, 4) is 0 Å². The van der Waals surface area contributed by atoms with Gasteiger partial charge in [0.1, 0.15) is 0 Å². The van der Waals surface area contributed by atoms with Gasteiger partial charge in [0.2, 0.25) is 5.91 Å². The molecule has 1 aromatic carbocycles. The van der Waals surface area contributed by atoms with Gasteiger partial charge in [-0.15, -0.1) is 0 Å². The Morgan fingerprint density at radius 3 is 2.71 bits per heavy atom. The summed E-state index contributed by atoms with van der Waals surface area (Å²) in [6.45, 7) is 6.54. The summed E-state index contributed by atoms with van der Waals surface area (Å²) in [5.74, 6) is 0.0347. The number of benzene rings is 1. The van der Waals surface area contributed by atoms with Gasteiger partial charge >= 0.3 is 0 Å². The highest BCUT2D eigenvalue weighted by atomic mass is 16.5. The molecular weight excluding hydrogens is 266 g/mol. The Bertz CT molecular complexity index is 441. The summed E-state index contributed by atoms with van der Waals surface area (Å²) < 4.78 is 5.47. The van der Waals surface area contributed by atoms with E-state index in [2.05, 4.69) is 22.9 Å². The third-order valence-electron chi connectivity index (χ3n) is 3.54. The van der Waals surface area contributed by atoms with E-state index in [1.807, 2.05) is 31.2 Å². The molecular formula is C16H25N3O2. The number of rotatable bonds is 6. The number of nitrogens with one attached hydrogen (secondary N) is 3. The average Bonchev–Trinajstić information content (AvgIpc) is 2.50. The minimum Gasteiger partial charge on any atom is -0.383 e. The van der Waals surface area contributed by atoms with Crippen molar-refractivity contribution in [2.24, 2.45) is 0 Å². The van der Waals surface area contributed by atoms with Gasteiger partial charge in [-0.05, 0) is 37.6 Å². The number of hydrogen-bond acceptors (Lipinski definition) is 4. The fourth-order valence-corrected chi connectivity index (χ4v) is 2.44. The fraction of sp³-hybridized carbons (Fsp3) is 0.562. The van der Waals surface area contributed by atoms with Crippen molar-refractivity contribution in [1.29, 1.82) is 0 Å². The Hall–Kier alpha value is -1.59. The number of ether oxygens (including phenoxy) is 1. The van der Waals surface area contributed by atoms with Crippen LogP contribution >= 0.6 is 0 Å². The number of hydrogen-bond donors (Lipinski definition) is 3. The largest absolute Gasteiger partial charge is 0.383 e. The van der Waals surface area contributed by atoms with Crippen molar-refractivity contribution in [1.82, 2.24) is 5.32 Å². The van der Waals surface area contributed by atoms with E-state index in [-0.39, 0.29) is 5.91 Å². The van der Waals surface area contributed by atoms with Gasteiger partial charge in [-0.2, -0.15) is 0 Å². The molecule has 1 aliphatic heterocycles. The molecule has 0 radical (unpaired) electrons. The second-order valence-corrected chi connectivity index (χ2v) is 5.49. The van der Waals surface area contributed by atoms with Crippen LogP contribution in [0.5, 0.6) is 0 Å². The summed E-state index contributed by atoms with van der Waals surface area (Å²) in [5, 5.41) is 9.78. The zero-order valence-electron chi connectivity index (χ0n) is 12.8. The second kappa shape index (κ2) is 8.00. The third-order valence-corrected chi connectivity index (χ3v) is 3.54. The van der Waals surface area contributed by atoms with E-state index in [1.54, 1.807) is 0 Å².